The van der Waals surface area contributed by atoms with Gasteiger partial charge in [-0.2, -0.15) is 0 Å². The summed E-state index contributed by atoms with van der Waals surface area (Å²) in [4.78, 5) is 80.0. The lowest BCUT2D eigenvalue weighted by Gasteiger charge is -2.29. The van der Waals surface area contributed by atoms with Crippen LogP contribution in [0.5, 0.6) is 11.5 Å². The van der Waals surface area contributed by atoms with Crippen molar-refractivity contribution in [3.8, 4) is 22.6 Å². The molecule has 0 saturated carbocycles. The third-order valence-electron chi connectivity index (χ3n) is 10.8. The van der Waals surface area contributed by atoms with Crippen molar-refractivity contribution in [2.75, 3.05) is 41.5 Å². The molecule has 6 rings (SSSR count). The van der Waals surface area contributed by atoms with Crippen molar-refractivity contribution in [3.05, 3.63) is 102 Å². The van der Waals surface area contributed by atoms with Gasteiger partial charge in [0.1, 0.15) is 17.4 Å². The van der Waals surface area contributed by atoms with Gasteiger partial charge in [0, 0.05) is 74.4 Å². The molecular formula is C47H53N9O8. The highest BCUT2D eigenvalue weighted by atomic mass is 16.5. The van der Waals surface area contributed by atoms with Crippen LogP contribution in [0.25, 0.3) is 11.1 Å². The molecule has 5 N–H and O–H groups in total. The van der Waals surface area contributed by atoms with Crippen molar-refractivity contribution in [2.45, 2.75) is 58.0 Å². The predicted molar refractivity (Wildman–Crippen MR) is 246 cm³/mol. The van der Waals surface area contributed by atoms with Crippen molar-refractivity contribution < 1.29 is 38.2 Å². The molecule has 1 aliphatic rings. The van der Waals surface area contributed by atoms with Gasteiger partial charge >= 0.3 is 0 Å². The molecule has 1 fully saturated rings. The van der Waals surface area contributed by atoms with Crippen molar-refractivity contribution in [2.24, 2.45) is 19.1 Å². The Morgan fingerprint density at radius 1 is 0.781 bits per heavy atom. The van der Waals surface area contributed by atoms with Crippen molar-refractivity contribution >= 4 is 71.1 Å². The van der Waals surface area contributed by atoms with Crippen LogP contribution in [0.3, 0.4) is 0 Å². The Morgan fingerprint density at radius 2 is 1.42 bits per heavy atom. The summed E-state index contributed by atoms with van der Waals surface area (Å²) in [6.07, 6.45) is 10.2. The summed E-state index contributed by atoms with van der Waals surface area (Å²) in [5.41, 5.74) is 6.08. The molecule has 2 aromatic heterocycles. The molecule has 6 amide bonds. The number of nitrogens with zero attached hydrogens (tertiary/aromatic N) is 4. The quantitative estimate of drug-likeness (QED) is 0.0354. The Kier molecular flexibility index (Phi) is 15.3. The average molecular weight is 872 g/mol. The van der Waals surface area contributed by atoms with Crippen LogP contribution >= 0.6 is 0 Å². The van der Waals surface area contributed by atoms with Gasteiger partial charge in [-0.15, -0.1) is 0 Å². The van der Waals surface area contributed by atoms with E-state index < -0.39 is 6.04 Å². The topological polar surface area (TPSA) is 206 Å². The number of rotatable bonds is 19. The zero-order chi connectivity index (χ0) is 45.8. The van der Waals surface area contributed by atoms with E-state index in [1.807, 2.05) is 37.5 Å². The van der Waals surface area contributed by atoms with Crippen LogP contribution in [-0.2, 0) is 33.3 Å². The van der Waals surface area contributed by atoms with Crippen molar-refractivity contribution in [1.29, 1.82) is 0 Å². The van der Waals surface area contributed by atoms with Crippen LogP contribution < -0.4 is 36.1 Å². The number of hydrogen-bond acceptors (Lipinski definition) is 9. The lowest BCUT2D eigenvalue weighted by Crippen LogP contribution is -2.39. The highest BCUT2D eigenvalue weighted by Crippen LogP contribution is 2.35. The number of amides is 6. The molecule has 0 aliphatic carbocycles. The summed E-state index contributed by atoms with van der Waals surface area (Å²) in [5, 5.41) is 13.7. The van der Waals surface area contributed by atoms with Gasteiger partial charge in [-0.1, -0.05) is 12.1 Å². The molecule has 3 heterocycles. The van der Waals surface area contributed by atoms with E-state index in [9.17, 15) is 28.8 Å². The van der Waals surface area contributed by atoms with Crippen molar-refractivity contribution in [3.63, 3.8) is 0 Å². The normalized spacial score (nSPS) is 14.0. The van der Waals surface area contributed by atoms with Gasteiger partial charge in [0.25, 0.3) is 11.8 Å². The number of aliphatic imine (C=N–C) groups is 1. The van der Waals surface area contributed by atoms with E-state index in [-0.39, 0.29) is 42.7 Å². The van der Waals surface area contributed by atoms with Gasteiger partial charge in [0.05, 0.1) is 31.1 Å². The minimum atomic E-state index is -0.695. The van der Waals surface area contributed by atoms with Gasteiger partial charge in [-0.25, -0.2) is 0 Å². The summed E-state index contributed by atoms with van der Waals surface area (Å²) < 4.78 is 14.9. The molecule has 0 radical (unpaired) electrons. The smallest absolute Gasteiger partial charge is 0.272 e. The zero-order valence-corrected chi connectivity index (χ0v) is 36.5. The molecule has 2 atom stereocenters. The zero-order valence-electron chi connectivity index (χ0n) is 36.5. The minimum Gasteiger partial charge on any atom is -0.493 e. The number of ether oxygens (including phenoxy) is 2. The van der Waals surface area contributed by atoms with Crippen LogP contribution in [0.1, 0.15) is 65.6 Å². The Labute approximate surface area is 371 Å². The monoisotopic (exact) mass is 871 g/mol. The molecule has 0 bridgehead atoms. The number of anilines is 4. The fourth-order valence-corrected chi connectivity index (χ4v) is 7.15. The number of carbonyl (C=O) groups is 6. The van der Waals surface area contributed by atoms with Gasteiger partial charge in [0.2, 0.25) is 24.6 Å². The molecule has 1 aliphatic heterocycles. The number of methoxy groups -OCH3 is 1. The summed E-state index contributed by atoms with van der Waals surface area (Å²) in [6.45, 7) is 4.47. The first-order valence-corrected chi connectivity index (χ1v) is 20.9. The fourth-order valence-electron chi connectivity index (χ4n) is 7.15. The second kappa shape index (κ2) is 21.4. The van der Waals surface area contributed by atoms with E-state index in [0.717, 1.165) is 48.9 Å². The van der Waals surface area contributed by atoms with Crippen LogP contribution in [0.2, 0.25) is 0 Å². The Morgan fingerprint density at radius 3 is 2.08 bits per heavy atom. The first-order valence-electron chi connectivity index (χ1n) is 20.9. The van der Waals surface area contributed by atoms with Crippen molar-refractivity contribution in [1.82, 2.24) is 19.4 Å². The molecule has 3 aromatic carbocycles. The number of nitrogens with one attached hydrogen (secondary N) is 5. The van der Waals surface area contributed by atoms with Crippen LogP contribution in [-0.4, -0.2) is 89.0 Å². The first-order chi connectivity index (χ1) is 30.8. The Hall–Kier alpha value is -7.69. The second-order valence-corrected chi connectivity index (χ2v) is 15.5. The summed E-state index contributed by atoms with van der Waals surface area (Å²) in [6, 6.07) is 20.1. The highest BCUT2D eigenvalue weighted by molar-refractivity contribution is 6.05. The van der Waals surface area contributed by atoms with E-state index in [1.165, 1.54) is 0 Å². The maximum absolute atomic E-state index is 13.3. The van der Waals surface area contributed by atoms with E-state index in [1.54, 1.807) is 103 Å². The van der Waals surface area contributed by atoms with Gasteiger partial charge in [-0.05, 0) is 105 Å². The molecule has 1 saturated heterocycles. The largest absolute Gasteiger partial charge is 0.493 e. The lowest BCUT2D eigenvalue weighted by atomic mass is 10.0. The van der Waals surface area contributed by atoms with Gasteiger partial charge < -0.3 is 50.1 Å². The maximum Gasteiger partial charge on any atom is 0.272 e. The standard InChI is InChI=1S/C47H53N9O8/c1-30-21-42(63-5)43(24-39(30)48-25-38-9-6-7-19-56(38)29-58)64-20-8-10-44(59)50-37-23-41(55(4)27-37)47(62)52-34-13-11-32(12-14-34)33-22-40(54(3)26-33)46(61)53-36-17-15-35(16-18-36)51-45(60)31(2)49-28-57/h11-18,21-29,31,38H,6-10,19-20H2,1-5H3,(H,49,57)(H,50,59)(H,51,60)(H,52,62)(H,53,61)/b48-25-/t31-,38-/m0/s1. The number of benzene rings is 3. The number of piperidine rings is 1. The average Bonchev–Trinajstić information content (AvgIpc) is 3.87. The SMILES string of the molecule is COc1cc(C)c(/N=C\[C@@H]2CCCCN2C=O)cc1OCCCC(=O)Nc1cc(C(=O)Nc2ccc(-c3cc(C(=O)Nc4ccc(NC(=O)[C@H](C)NC=O)cc4)n(C)c3)cc2)n(C)c1. The summed E-state index contributed by atoms with van der Waals surface area (Å²) in [5.74, 6) is -0.234. The Balaban J connectivity index is 0.971. The van der Waals surface area contributed by atoms with Crippen LogP contribution in [0.15, 0.2) is 90.2 Å². The third kappa shape index (κ3) is 11.8. The minimum absolute atomic E-state index is 0.0429. The van der Waals surface area contributed by atoms with E-state index in [0.29, 0.717) is 64.2 Å². The molecule has 17 nitrogen and oxygen atoms in total. The summed E-state index contributed by atoms with van der Waals surface area (Å²) in [7, 11) is 5.05. The van der Waals surface area contributed by atoms with E-state index in [2.05, 4.69) is 31.6 Å². The maximum atomic E-state index is 13.3. The highest BCUT2D eigenvalue weighted by Gasteiger charge is 2.20. The number of likely N-dealkylation sites (tertiary alicyclic amines) is 1. The first kappa shape index (κ1) is 45.8. The third-order valence-corrected chi connectivity index (χ3v) is 10.8. The lowest BCUT2D eigenvalue weighted by molar-refractivity contribution is -0.120. The van der Waals surface area contributed by atoms with E-state index >= 15 is 0 Å². The Bertz CT molecular complexity index is 2510. The number of carbonyl (C=O) groups excluding carboxylic acids is 6. The van der Waals surface area contributed by atoms with Crippen LogP contribution in [0.4, 0.5) is 28.4 Å². The number of aryl methyl sites for hydroxylation is 3. The molecular weight excluding hydrogens is 819 g/mol. The van der Waals surface area contributed by atoms with Gasteiger partial charge in [0.15, 0.2) is 11.5 Å². The molecule has 17 heteroatoms. The van der Waals surface area contributed by atoms with E-state index in [4.69, 9.17) is 9.47 Å². The van der Waals surface area contributed by atoms with Crippen LogP contribution in [0, 0.1) is 6.92 Å². The molecule has 64 heavy (non-hydrogen) atoms. The second-order valence-electron chi connectivity index (χ2n) is 15.5. The predicted octanol–water partition coefficient (Wildman–Crippen LogP) is 6.44. The summed E-state index contributed by atoms with van der Waals surface area (Å²) >= 11 is 0. The number of hydrogen-bond donors (Lipinski definition) is 5. The molecule has 0 unspecified atom stereocenters. The number of aromatic nitrogens is 2. The van der Waals surface area contributed by atoms with Gasteiger partial charge in [-0.3, -0.25) is 33.8 Å². The molecule has 5 aromatic rings. The molecule has 334 valence electrons. The molecule has 0 spiro atoms. The fraction of sp³-hybridized carbons (Fsp3) is 0.298.